The van der Waals surface area contributed by atoms with E-state index in [0.717, 1.165) is 36.3 Å². The van der Waals surface area contributed by atoms with Crippen LogP contribution in [0.2, 0.25) is 0 Å². The van der Waals surface area contributed by atoms with E-state index in [1.165, 1.54) is 0 Å². The lowest BCUT2D eigenvalue weighted by molar-refractivity contribution is -0.125. The van der Waals surface area contributed by atoms with Crippen LogP contribution in [0.15, 0.2) is 18.2 Å². The summed E-state index contributed by atoms with van der Waals surface area (Å²) in [5.41, 5.74) is 1.10. The van der Waals surface area contributed by atoms with E-state index >= 15 is 0 Å². The molecule has 0 saturated carbocycles. The number of ether oxygens (including phenoxy) is 2. The second-order valence-electron chi connectivity index (χ2n) is 6.05. The van der Waals surface area contributed by atoms with Gasteiger partial charge in [-0.05, 0) is 37.0 Å². The fourth-order valence-corrected chi connectivity index (χ4v) is 3.07. The Hall–Kier alpha value is -2.44. The molecule has 0 unspecified atom stereocenters. The molecule has 2 aliphatic rings. The maximum Gasteiger partial charge on any atom is 0.317 e. The Kier molecular flexibility index (Phi) is 5.08. The van der Waals surface area contributed by atoms with Crippen molar-refractivity contribution in [1.82, 2.24) is 15.5 Å². The Balaban J connectivity index is 1.41. The summed E-state index contributed by atoms with van der Waals surface area (Å²) in [7, 11) is 1.65. The van der Waals surface area contributed by atoms with E-state index in [4.69, 9.17) is 9.47 Å². The number of fused-ring (bicyclic) bond motifs is 1. The van der Waals surface area contributed by atoms with Crippen LogP contribution in [0.5, 0.6) is 11.5 Å². The van der Waals surface area contributed by atoms with E-state index < -0.39 is 0 Å². The first kappa shape index (κ1) is 16.4. The first-order chi connectivity index (χ1) is 11.7. The number of hydrogen-bond donors (Lipinski definition) is 2. The van der Waals surface area contributed by atoms with E-state index in [0.29, 0.717) is 19.6 Å². The summed E-state index contributed by atoms with van der Waals surface area (Å²) in [5, 5.41) is 5.61. The number of amides is 3. The fourth-order valence-electron chi connectivity index (χ4n) is 3.07. The highest BCUT2D eigenvalue weighted by atomic mass is 16.7. The molecule has 2 N–H and O–H groups in total. The summed E-state index contributed by atoms with van der Waals surface area (Å²) < 4.78 is 10.6. The number of piperidine rings is 1. The Bertz CT molecular complexity index is 612. The van der Waals surface area contributed by atoms with Crippen LogP contribution in [0.25, 0.3) is 0 Å². The van der Waals surface area contributed by atoms with Crippen LogP contribution < -0.4 is 20.1 Å². The summed E-state index contributed by atoms with van der Waals surface area (Å²) in [5.74, 6) is 1.61. The number of likely N-dealkylation sites (tertiary alicyclic amines) is 1. The molecule has 7 heteroatoms. The van der Waals surface area contributed by atoms with Gasteiger partial charge >= 0.3 is 6.03 Å². The Morgan fingerprint density at radius 3 is 2.71 bits per heavy atom. The van der Waals surface area contributed by atoms with Crippen LogP contribution in [0.1, 0.15) is 18.4 Å². The predicted octanol–water partition coefficient (Wildman–Crippen LogP) is 1.13. The zero-order valence-corrected chi connectivity index (χ0v) is 13.8. The molecule has 3 rings (SSSR count). The third-order valence-corrected chi connectivity index (χ3v) is 4.53. The predicted molar refractivity (Wildman–Crippen MR) is 88.0 cm³/mol. The van der Waals surface area contributed by atoms with Crippen LogP contribution in [-0.2, 0) is 11.2 Å². The SMILES string of the molecule is CNC(=O)C1CCN(C(=O)NCCc2ccc3c(c2)OCO3)CC1. The molecular formula is C17H23N3O4. The minimum Gasteiger partial charge on any atom is -0.454 e. The van der Waals surface area contributed by atoms with Gasteiger partial charge in [-0.3, -0.25) is 4.79 Å². The van der Waals surface area contributed by atoms with Crippen molar-refractivity contribution >= 4 is 11.9 Å². The summed E-state index contributed by atoms with van der Waals surface area (Å²) in [4.78, 5) is 25.6. The molecule has 0 radical (unpaired) electrons. The van der Waals surface area contributed by atoms with Crippen LogP contribution in [0.4, 0.5) is 4.79 Å². The minimum absolute atomic E-state index is 0.0210. The van der Waals surface area contributed by atoms with E-state index in [-0.39, 0.29) is 24.6 Å². The van der Waals surface area contributed by atoms with Crippen molar-refractivity contribution in [3.63, 3.8) is 0 Å². The van der Waals surface area contributed by atoms with Crippen molar-refractivity contribution in [3.05, 3.63) is 23.8 Å². The number of benzene rings is 1. The molecular weight excluding hydrogens is 310 g/mol. The number of carbonyl (C=O) groups is 2. The van der Waals surface area contributed by atoms with Crippen molar-refractivity contribution in [2.75, 3.05) is 33.5 Å². The van der Waals surface area contributed by atoms with Gasteiger partial charge in [0.1, 0.15) is 0 Å². The van der Waals surface area contributed by atoms with Crippen molar-refractivity contribution in [2.24, 2.45) is 5.92 Å². The topological polar surface area (TPSA) is 79.9 Å². The van der Waals surface area contributed by atoms with E-state index in [1.54, 1.807) is 11.9 Å². The maximum absolute atomic E-state index is 12.2. The maximum atomic E-state index is 12.2. The summed E-state index contributed by atoms with van der Waals surface area (Å²) in [6.45, 7) is 2.07. The standard InChI is InChI=1S/C17H23N3O4/c1-18-16(21)13-5-8-20(9-6-13)17(22)19-7-4-12-2-3-14-15(10-12)24-11-23-14/h2-3,10,13H,4-9,11H2,1H3,(H,18,21)(H,19,22). The number of urea groups is 1. The average molecular weight is 333 g/mol. The molecule has 7 nitrogen and oxygen atoms in total. The fraction of sp³-hybridized carbons (Fsp3) is 0.529. The molecule has 0 bridgehead atoms. The van der Waals surface area contributed by atoms with Gasteiger partial charge in [0.25, 0.3) is 0 Å². The van der Waals surface area contributed by atoms with Crippen LogP contribution >= 0.6 is 0 Å². The zero-order chi connectivity index (χ0) is 16.9. The minimum atomic E-state index is -0.0638. The molecule has 3 amide bonds. The monoisotopic (exact) mass is 333 g/mol. The average Bonchev–Trinajstić information content (AvgIpc) is 3.09. The van der Waals surface area contributed by atoms with Crippen molar-refractivity contribution in [2.45, 2.75) is 19.3 Å². The van der Waals surface area contributed by atoms with Crippen LogP contribution in [0, 0.1) is 5.92 Å². The van der Waals surface area contributed by atoms with Crippen molar-refractivity contribution in [1.29, 1.82) is 0 Å². The Labute approximate surface area is 141 Å². The molecule has 0 atom stereocenters. The molecule has 130 valence electrons. The Morgan fingerprint density at radius 2 is 1.96 bits per heavy atom. The van der Waals surface area contributed by atoms with E-state index in [1.807, 2.05) is 18.2 Å². The number of hydrogen-bond acceptors (Lipinski definition) is 4. The largest absolute Gasteiger partial charge is 0.454 e. The molecule has 1 fully saturated rings. The van der Waals surface area contributed by atoms with Gasteiger partial charge < -0.3 is 25.0 Å². The normalized spacial score (nSPS) is 16.8. The van der Waals surface area contributed by atoms with Crippen LogP contribution in [0.3, 0.4) is 0 Å². The molecule has 0 aliphatic carbocycles. The Morgan fingerprint density at radius 1 is 1.21 bits per heavy atom. The summed E-state index contributed by atoms with van der Waals surface area (Å²) in [6, 6.07) is 5.76. The van der Waals surface area contributed by atoms with Gasteiger partial charge in [-0.15, -0.1) is 0 Å². The van der Waals surface area contributed by atoms with Crippen molar-refractivity contribution < 1.29 is 19.1 Å². The van der Waals surface area contributed by atoms with Crippen LogP contribution in [-0.4, -0.2) is 50.3 Å². The molecule has 2 aliphatic heterocycles. The second kappa shape index (κ2) is 7.42. The zero-order valence-electron chi connectivity index (χ0n) is 13.8. The first-order valence-electron chi connectivity index (χ1n) is 8.30. The highest BCUT2D eigenvalue weighted by Gasteiger charge is 2.26. The molecule has 24 heavy (non-hydrogen) atoms. The molecule has 1 aromatic carbocycles. The van der Waals surface area contributed by atoms with Crippen molar-refractivity contribution in [3.8, 4) is 11.5 Å². The van der Waals surface area contributed by atoms with Gasteiger partial charge in [-0.2, -0.15) is 0 Å². The second-order valence-corrected chi connectivity index (χ2v) is 6.05. The first-order valence-corrected chi connectivity index (χ1v) is 8.30. The van der Waals surface area contributed by atoms with Gasteiger partial charge in [0.2, 0.25) is 12.7 Å². The van der Waals surface area contributed by atoms with Gasteiger partial charge in [0, 0.05) is 32.6 Å². The highest BCUT2D eigenvalue weighted by Crippen LogP contribution is 2.32. The number of carbonyl (C=O) groups excluding carboxylic acids is 2. The quantitative estimate of drug-likeness (QED) is 0.865. The third-order valence-electron chi connectivity index (χ3n) is 4.53. The van der Waals surface area contributed by atoms with E-state index in [2.05, 4.69) is 10.6 Å². The van der Waals surface area contributed by atoms with Gasteiger partial charge in [0.15, 0.2) is 11.5 Å². The molecule has 2 heterocycles. The lowest BCUT2D eigenvalue weighted by Gasteiger charge is -2.31. The number of nitrogens with zero attached hydrogens (tertiary/aromatic N) is 1. The van der Waals surface area contributed by atoms with Gasteiger partial charge in [0.05, 0.1) is 0 Å². The lowest BCUT2D eigenvalue weighted by Crippen LogP contribution is -2.47. The molecule has 1 saturated heterocycles. The molecule has 0 aromatic heterocycles. The molecule has 0 spiro atoms. The van der Waals surface area contributed by atoms with E-state index in [9.17, 15) is 9.59 Å². The third kappa shape index (κ3) is 3.72. The van der Waals surface area contributed by atoms with Gasteiger partial charge in [-0.25, -0.2) is 4.79 Å². The molecule has 1 aromatic rings. The highest BCUT2D eigenvalue weighted by molar-refractivity contribution is 5.79. The number of nitrogens with one attached hydrogen (secondary N) is 2. The smallest absolute Gasteiger partial charge is 0.317 e. The summed E-state index contributed by atoms with van der Waals surface area (Å²) in [6.07, 6.45) is 2.17. The summed E-state index contributed by atoms with van der Waals surface area (Å²) >= 11 is 0. The lowest BCUT2D eigenvalue weighted by atomic mass is 9.96. The van der Waals surface area contributed by atoms with Gasteiger partial charge in [-0.1, -0.05) is 6.07 Å². The number of rotatable bonds is 4.